The van der Waals surface area contributed by atoms with Crippen molar-refractivity contribution in [3.63, 3.8) is 0 Å². The maximum atomic E-state index is 12.3. The number of carbonyl (C=O) groups excluding carboxylic acids is 1. The molecule has 6 heterocycles. The summed E-state index contributed by atoms with van der Waals surface area (Å²) in [7, 11) is 1.60. The van der Waals surface area contributed by atoms with E-state index in [4.69, 9.17) is 14.5 Å². The molecule has 9 heteroatoms. The van der Waals surface area contributed by atoms with E-state index in [1.807, 2.05) is 43.1 Å². The first kappa shape index (κ1) is 18.7. The van der Waals surface area contributed by atoms with E-state index in [0.717, 1.165) is 42.1 Å². The SMILES string of the molecule is COc1ncccc1-c1cnn2ccc(N3C[C@H]4C[C@@H](C3)N4C(=O)OC(C)C)nc12. The van der Waals surface area contributed by atoms with Crippen LogP contribution in [0, 0.1) is 0 Å². The average molecular weight is 408 g/mol. The van der Waals surface area contributed by atoms with Crippen LogP contribution in [0.2, 0.25) is 0 Å². The van der Waals surface area contributed by atoms with E-state index in [0.29, 0.717) is 5.88 Å². The molecule has 3 aliphatic heterocycles. The van der Waals surface area contributed by atoms with E-state index in [1.165, 1.54) is 0 Å². The van der Waals surface area contributed by atoms with E-state index in [2.05, 4.69) is 15.0 Å². The molecule has 0 radical (unpaired) electrons. The van der Waals surface area contributed by atoms with E-state index in [1.54, 1.807) is 24.0 Å². The maximum absolute atomic E-state index is 12.3. The molecule has 0 aromatic carbocycles. The number of rotatable bonds is 4. The van der Waals surface area contributed by atoms with Gasteiger partial charge in [-0.3, -0.25) is 4.90 Å². The quantitative estimate of drug-likeness (QED) is 0.656. The zero-order valence-electron chi connectivity index (χ0n) is 17.2. The van der Waals surface area contributed by atoms with Gasteiger partial charge in [0.25, 0.3) is 0 Å². The van der Waals surface area contributed by atoms with Gasteiger partial charge < -0.3 is 14.4 Å². The molecule has 3 fully saturated rings. The predicted octanol–water partition coefficient (Wildman–Crippen LogP) is 2.61. The molecular weight excluding hydrogens is 384 g/mol. The number of hydrogen-bond acceptors (Lipinski definition) is 7. The zero-order valence-corrected chi connectivity index (χ0v) is 17.2. The third-order valence-corrected chi connectivity index (χ3v) is 5.67. The van der Waals surface area contributed by atoms with Gasteiger partial charge >= 0.3 is 6.09 Å². The number of aromatic nitrogens is 4. The lowest BCUT2D eigenvalue weighted by molar-refractivity contribution is -0.0150. The van der Waals surface area contributed by atoms with Gasteiger partial charge in [-0.25, -0.2) is 19.3 Å². The summed E-state index contributed by atoms with van der Waals surface area (Å²) in [6.07, 6.45) is 6.08. The highest BCUT2D eigenvalue weighted by Crippen LogP contribution is 2.36. The summed E-state index contributed by atoms with van der Waals surface area (Å²) in [5, 5.41) is 4.43. The second-order valence-electron chi connectivity index (χ2n) is 7.96. The highest BCUT2D eigenvalue weighted by atomic mass is 16.6. The Kier molecular flexibility index (Phi) is 4.45. The molecule has 3 aromatic rings. The zero-order chi connectivity index (χ0) is 20.8. The minimum absolute atomic E-state index is 0.108. The molecule has 1 amide bonds. The Bertz CT molecular complexity index is 1090. The van der Waals surface area contributed by atoms with Crippen LogP contribution in [0.15, 0.2) is 36.8 Å². The van der Waals surface area contributed by atoms with Crippen molar-refractivity contribution < 1.29 is 14.3 Å². The van der Waals surface area contributed by atoms with Crippen LogP contribution in [-0.4, -0.2) is 69.0 Å². The molecule has 3 aromatic heterocycles. The van der Waals surface area contributed by atoms with Crippen molar-refractivity contribution in [2.75, 3.05) is 25.1 Å². The first-order chi connectivity index (χ1) is 14.5. The molecule has 6 rings (SSSR count). The summed E-state index contributed by atoms with van der Waals surface area (Å²) in [6, 6.07) is 6.11. The van der Waals surface area contributed by atoms with Crippen molar-refractivity contribution in [3.8, 4) is 17.0 Å². The molecule has 2 atom stereocenters. The normalized spacial score (nSPS) is 20.4. The van der Waals surface area contributed by atoms with Gasteiger partial charge in [0.15, 0.2) is 5.65 Å². The van der Waals surface area contributed by atoms with E-state index >= 15 is 0 Å². The van der Waals surface area contributed by atoms with E-state index in [9.17, 15) is 4.79 Å². The van der Waals surface area contributed by atoms with Gasteiger partial charge in [0.05, 0.1) is 37.1 Å². The lowest BCUT2D eigenvalue weighted by atomic mass is 9.88. The number of fused-ring (bicyclic) bond motifs is 3. The van der Waals surface area contributed by atoms with Crippen LogP contribution < -0.4 is 9.64 Å². The number of carbonyl (C=O) groups is 1. The van der Waals surface area contributed by atoms with E-state index in [-0.39, 0.29) is 24.3 Å². The molecule has 9 nitrogen and oxygen atoms in total. The van der Waals surface area contributed by atoms with Crippen molar-refractivity contribution in [2.45, 2.75) is 38.5 Å². The monoisotopic (exact) mass is 408 g/mol. The van der Waals surface area contributed by atoms with Crippen LogP contribution in [0.4, 0.5) is 10.6 Å². The average Bonchev–Trinajstić information content (AvgIpc) is 3.16. The molecule has 0 unspecified atom stereocenters. The topological polar surface area (TPSA) is 85.1 Å². The molecular formula is C21H24N6O3. The van der Waals surface area contributed by atoms with Crippen molar-refractivity contribution in [3.05, 3.63) is 36.8 Å². The summed E-state index contributed by atoms with van der Waals surface area (Å²) in [5.74, 6) is 1.41. The lowest BCUT2D eigenvalue weighted by Gasteiger charge is -2.55. The highest BCUT2D eigenvalue weighted by Gasteiger charge is 2.48. The molecule has 30 heavy (non-hydrogen) atoms. The van der Waals surface area contributed by atoms with Crippen molar-refractivity contribution in [2.24, 2.45) is 0 Å². The standard InChI is InChI=1S/C21H24N6O3/c1-13(2)30-21(28)27-14-9-15(27)12-25(11-14)18-6-8-26-19(24-18)17(10-23-26)16-5-4-7-22-20(16)29-3/h4-8,10,13-15H,9,11-12H2,1-3H3/t14-,15+. The minimum Gasteiger partial charge on any atom is -0.481 e. The maximum Gasteiger partial charge on any atom is 0.410 e. The number of piperidine rings is 1. The molecule has 0 spiro atoms. The second-order valence-corrected chi connectivity index (χ2v) is 7.96. The summed E-state index contributed by atoms with van der Waals surface area (Å²) in [4.78, 5) is 25.6. The van der Waals surface area contributed by atoms with Crippen molar-refractivity contribution in [1.29, 1.82) is 0 Å². The third kappa shape index (κ3) is 3.01. The second kappa shape index (κ2) is 7.16. The molecule has 0 saturated carbocycles. The van der Waals surface area contributed by atoms with Gasteiger partial charge in [0.2, 0.25) is 5.88 Å². The summed E-state index contributed by atoms with van der Waals surface area (Å²) in [5.41, 5.74) is 2.46. The fourth-order valence-corrected chi connectivity index (χ4v) is 4.34. The first-order valence-corrected chi connectivity index (χ1v) is 10.1. The lowest BCUT2D eigenvalue weighted by Crippen LogP contribution is -2.70. The van der Waals surface area contributed by atoms with Crippen LogP contribution in [0.25, 0.3) is 16.8 Å². The Morgan fingerprint density at radius 1 is 1.20 bits per heavy atom. The van der Waals surface area contributed by atoms with Crippen LogP contribution in [0.1, 0.15) is 20.3 Å². The number of ether oxygens (including phenoxy) is 2. The van der Waals surface area contributed by atoms with Crippen molar-refractivity contribution in [1.82, 2.24) is 24.5 Å². The Morgan fingerprint density at radius 3 is 2.73 bits per heavy atom. The smallest absolute Gasteiger partial charge is 0.410 e. The molecule has 156 valence electrons. The molecule has 0 aliphatic carbocycles. The number of hydrogen-bond donors (Lipinski definition) is 0. The Morgan fingerprint density at radius 2 is 2.00 bits per heavy atom. The largest absolute Gasteiger partial charge is 0.481 e. The van der Waals surface area contributed by atoms with E-state index < -0.39 is 0 Å². The first-order valence-electron chi connectivity index (χ1n) is 10.1. The third-order valence-electron chi connectivity index (χ3n) is 5.67. The summed E-state index contributed by atoms with van der Waals surface area (Å²) >= 11 is 0. The van der Waals surface area contributed by atoms with Gasteiger partial charge in [-0.2, -0.15) is 5.10 Å². The van der Waals surface area contributed by atoms with Crippen LogP contribution in [-0.2, 0) is 4.74 Å². The van der Waals surface area contributed by atoms with Gasteiger partial charge in [0.1, 0.15) is 5.82 Å². The number of pyridine rings is 1. The van der Waals surface area contributed by atoms with Gasteiger partial charge in [-0.1, -0.05) is 0 Å². The van der Waals surface area contributed by atoms with Crippen LogP contribution >= 0.6 is 0 Å². The number of piperazine rings is 1. The van der Waals surface area contributed by atoms with Gasteiger partial charge in [0, 0.05) is 31.0 Å². The molecule has 3 aliphatic rings. The fourth-order valence-electron chi connectivity index (χ4n) is 4.34. The molecule has 2 bridgehead atoms. The number of anilines is 1. The fraction of sp³-hybridized carbons (Fsp3) is 0.429. The van der Waals surface area contributed by atoms with Gasteiger partial charge in [-0.05, 0) is 38.5 Å². The van der Waals surface area contributed by atoms with Gasteiger partial charge in [-0.15, -0.1) is 0 Å². The minimum atomic E-state index is -0.212. The van der Waals surface area contributed by atoms with Crippen molar-refractivity contribution >= 4 is 17.6 Å². The summed E-state index contributed by atoms with van der Waals surface area (Å²) < 4.78 is 12.6. The Hall–Kier alpha value is -3.36. The summed E-state index contributed by atoms with van der Waals surface area (Å²) in [6.45, 7) is 5.23. The Balaban J connectivity index is 1.41. The number of methoxy groups -OCH3 is 1. The number of amides is 1. The van der Waals surface area contributed by atoms with Crippen LogP contribution in [0.3, 0.4) is 0 Å². The molecule has 0 N–H and O–H groups in total. The van der Waals surface area contributed by atoms with Crippen LogP contribution in [0.5, 0.6) is 5.88 Å². The Labute approximate surface area is 174 Å². The number of nitrogens with zero attached hydrogens (tertiary/aromatic N) is 6. The predicted molar refractivity (Wildman–Crippen MR) is 111 cm³/mol. The molecule has 3 saturated heterocycles. The highest BCUT2D eigenvalue weighted by molar-refractivity contribution is 5.80.